The SMILES string of the molecule is NC(=O)C(c1cccs1)N1CCCCC1. The number of likely N-dealkylation sites (tertiary alicyclic amines) is 1. The van der Waals surface area contributed by atoms with Crippen molar-refractivity contribution in [3.63, 3.8) is 0 Å². The zero-order valence-corrected chi connectivity index (χ0v) is 9.50. The van der Waals surface area contributed by atoms with Crippen molar-refractivity contribution in [3.8, 4) is 0 Å². The van der Waals surface area contributed by atoms with Gasteiger partial charge in [0.15, 0.2) is 0 Å². The van der Waals surface area contributed by atoms with E-state index < -0.39 is 0 Å². The van der Waals surface area contributed by atoms with Gasteiger partial charge in [-0.2, -0.15) is 0 Å². The summed E-state index contributed by atoms with van der Waals surface area (Å²) in [5.41, 5.74) is 5.48. The van der Waals surface area contributed by atoms with Crippen LogP contribution in [0, 0.1) is 0 Å². The second kappa shape index (κ2) is 4.77. The van der Waals surface area contributed by atoms with Crippen LogP contribution >= 0.6 is 11.3 Å². The van der Waals surface area contributed by atoms with E-state index in [2.05, 4.69) is 4.90 Å². The van der Waals surface area contributed by atoms with Gasteiger partial charge in [-0.1, -0.05) is 12.5 Å². The van der Waals surface area contributed by atoms with Gasteiger partial charge in [-0.05, 0) is 37.4 Å². The van der Waals surface area contributed by atoms with Crippen LogP contribution in [0.1, 0.15) is 30.2 Å². The molecule has 2 heterocycles. The Labute approximate surface area is 93.9 Å². The molecule has 1 fully saturated rings. The minimum Gasteiger partial charge on any atom is -0.368 e. The molecule has 0 aromatic carbocycles. The van der Waals surface area contributed by atoms with E-state index in [-0.39, 0.29) is 11.9 Å². The van der Waals surface area contributed by atoms with Gasteiger partial charge in [-0.3, -0.25) is 9.69 Å². The standard InChI is InChI=1S/C11H16N2OS/c12-11(14)10(9-5-4-8-15-9)13-6-2-1-3-7-13/h4-5,8,10H,1-3,6-7H2,(H2,12,14). The fourth-order valence-electron chi connectivity index (χ4n) is 2.12. The first-order valence-corrected chi connectivity index (χ1v) is 6.24. The quantitative estimate of drug-likeness (QED) is 0.850. The minimum absolute atomic E-state index is 0.203. The molecule has 2 N–H and O–H groups in total. The highest BCUT2D eigenvalue weighted by Gasteiger charge is 2.27. The monoisotopic (exact) mass is 224 g/mol. The lowest BCUT2D eigenvalue weighted by Gasteiger charge is -2.31. The molecule has 1 aliphatic heterocycles. The summed E-state index contributed by atoms with van der Waals surface area (Å²) in [5, 5.41) is 2.00. The predicted octanol–water partition coefficient (Wildman–Crippen LogP) is 1.76. The molecule has 0 saturated carbocycles. The molecule has 0 aliphatic carbocycles. The summed E-state index contributed by atoms with van der Waals surface area (Å²) in [4.78, 5) is 14.8. The summed E-state index contributed by atoms with van der Waals surface area (Å²) in [6.45, 7) is 1.98. The maximum Gasteiger partial charge on any atom is 0.240 e. The molecule has 0 spiro atoms. The van der Waals surface area contributed by atoms with E-state index in [9.17, 15) is 4.79 Å². The van der Waals surface area contributed by atoms with Crippen molar-refractivity contribution in [1.82, 2.24) is 4.90 Å². The van der Waals surface area contributed by atoms with Crippen molar-refractivity contribution in [3.05, 3.63) is 22.4 Å². The van der Waals surface area contributed by atoms with E-state index in [0.29, 0.717) is 0 Å². The van der Waals surface area contributed by atoms with Crippen LogP contribution in [0.25, 0.3) is 0 Å². The van der Waals surface area contributed by atoms with Crippen molar-refractivity contribution in [2.24, 2.45) is 5.73 Å². The molecule has 1 aromatic heterocycles. The first-order chi connectivity index (χ1) is 7.29. The minimum atomic E-state index is -0.223. The number of primary amides is 1. The van der Waals surface area contributed by atoms with E-state index in [4.69, 9.17) is 5.73 Å². The van der Waals surface area contributed by atoms with Gasteiger partial charge >= 0.3 is 0 Å². The summed E-state index contributed by atoms with van der Waals surface area (Å²) >= 11 is 1.61. The van der Waals surface area contributed by atoms with Crippen molar-refractivity contribution >= 4 is 17.2 Å². The molecule has 3 nitrogen and oxygen atoms in total. The zero-order valence-electron chi connectivity index (χ0n) is 8.69. The average Bonchev–Trinajstić information content (AvgIpc) is 2.72. The number of thiophene rings is 1. The van der Waals surface area contributed by atoms with Crippen LogP contribution in [0.5, 0.6) is 0 Å². The van der Waals surface area contributed by atoms with Gasteiger partial charge in [0.2, 0.25) is 5.91 Å². The highest BCUT2D eigenvalue weighted by atomic mass is 32.1. The van der Waals surface area contributed by atoms with Crippen LogP contribution in [0.4, 0.5) is 0 Å². The average molecular weight is 224 g/mol. The molecule has 0 radical (unpaired) electrons. The third-order valence-corrected chi connectivity index (χ3v) is 3.76. The summed E-state index contributed by atoms with van der Waals surface area (Å²) in [7, 11) is 0. The Hall–Kier alpha value is -0.870. The van der Waals surface area contributed by atoms with Crippen molar-refractivity contribution in [2.45, 2.75) is 25.3 Å². The van der Waals surface area contributed by atoms with Crippen molar-refractivity contribution < 1.29 is 4.79 Å². The first-order valence-electron chi connectivity index (χ1n) is 5.36. The second-order valence-electron chi connectivity index (χ2n) is 3.92. The third kappa shape index (κ3) is 2.38. The summed E-state index contributed by atoms with van der Waals surface area (Å²) in [5.74, 6) is -0.223. The first kappa shape index (κ1) is 10.6. The topological polar surface area (TPSA) is 46.3 Å². The number of hydrogen-bond donors (Lipinski definition) is 1. The number of nitrogens with zero attached hydrogens (tertiary/aromatic N) is 1. The number of carbonyl (C=O) groups is 1. The Morgan fingerprint density at radius 2 is 2.13 bits per heavy atom. The van der Waals surface area contributed by atoms with Crippen LogP contribution in [0.2, 0.25) is 0 Å². The molecular formula is C11H16N2OS. The highest BCUT2D eigenvalue weighted by molar-refractivity contribution is 7.10. The lowest BCUT2D eigenvalue weighted by atomic mass is 10.1. The fourth-order valence-corrected chi connectivity index (χ4v) is 2.99. The fraction of sp³-hybridized carbons (Fsp3) is 0.545. The highest BCUT2D eigenvalue weighted by Crippen LogP contribution is 2.27. The number of amides is 1. The lowest BCUT2D eigenvalue weighted by molar-refractivity contribution is -0.123. The largest absolute Gasteiger partial charge is 0.368 e. The summed E-state index contributed by atoms with van der Waals surface area (Å²) in [6.07, 6.45) is 3.62. The normalized spacial score (nSPS) is 20.0. The van der Waals surface area contributed by atoms with E-state index in [0.717, 1.165) is 18.0 Å². The van der Waals surface area contributed by atoms with E-state index in [1.165, 1.54) is 19.3 Å². The van der Waals surface area contributed by atoms with Gasteiger partial charge in [-0.25, -0.2) is 0 Å². The van der Waals surface area contributed by atoms with E-state index in [1.807, 2.05) is 17.5 Å². The molecule has 15 heavy (non-hydrogen) atoms. The van der Waals surface area contributed by atoms with E-state index in [1.54, 1.807) is 11.3 Å². The summed E-state index contributed by atoms with van der Waals surface area (Å²) in [6, 6.07) is 3.76. The van der Waals surface area contributed by atoms with E-state index >= 15 is 0 Å². The maximum atomic E-state index is 11.5. The number of piperidine rings is 1. The van der Waals surface area contributed by atoms with Gasteiger partial charge in [-0.15, -0.1) is 11.3 Å². The van der Waals surface area contributed by atoms with Gasteiger partial charge < -0.3 is 5.73 Å². The molecule has 1 saturated heterocycles. The molecule has 4 heteroatoms. The molecule has 1 atom stereocenters. The Kier molecular flexibility index (Phi) is 3.38. The zero-order chi connectivity index (χ0) is 10.7. The van der Waals surface area contributed by atoms with Crippen molar-refractivity contribution in [2.75, 3.05) is 13.1 Å². The molecular weight excluding hydrogens is 208 g/mol. The van der Waals surface area contributed by atoms with Gasteiger partial charge in [0.1, 0.15) is 6.04 Å². The van der Waals surface area contributed by atoms with Crippen LogP contribution in [-0.4, -0.2) is 23.9 Å². The maximum absolute atomic E-state index is 11.5. The van der Waals surface area contributed by atoms with Crippen LogP contribution in [0.15, 0.2) is 17.5 Å². The lowest BCUT2D eigenvalue weighted by Crippen LogP contribution is -2.40. The summed E-state index contributed by atoms with van der Waals surface area (Å²) < 4.78 is 0. The van der Waals surface area contributed by atoms with Gasteiger partial charge in [0.25, 0.3) is 0 Å². The molecule has 1 unspecified atom stereocenters. The number of rotatable bonds is 3. The van der Waals surface area contributed by atoms with Crippen molar-refractivity contribution in [1.29, 1.82) is 0 Å². The molecule has 0 bridgehead atoms. The number of nitrogens with two attached hydrogens (primary N) is 1. The van der Waals surface area contributed by atoms with Crippen LogP contribution in [-0.2, 0) is 4.79 Å². The Bertz CT molecular complexity index is 317. The van der Waals surface area contributed by atoms with Gasteiger partial charge in [0.05, 0.1) is 0 Å². The van der Waals surface area contributed by atoms with Crippen LogP contribution < -0.4 is 5.73 Å². The number of hydrogen-bond acceptors (Lipinski definition) is 3. The van der Waals surface area contributed by atoms with Crippen LogP contribution in [0.3, 0.4) is 0 Å². The molecule has 1 amide bonds. The Morgan fingerprint density at radius 1 is 1.40 bits per heavy atom. The Morgan fingerprint density at radius 3 is 2.67 bits per heavy atom. The molecule has 1 aromatic rings. The predicted molar refractivity (Wildman–Crippen MR) is 61.7 cm³/mol. The molecule has 1 aliphatic rings. The number of carbonyl (C=O) groups excluding carboxylic acids is 1. The van der Waals surface area contributed by atoms with Gasteiger partial charge in [0, 0.05) is 4.88 Å². The third-order valence-electron chi connectivity index (χ3n) is 2.84. The molecule has 2 rings (SSSR count). The molecule has 82 valence electrons. The smallest absolute Gasteiger partial charge is 0.240 e. The second-order valence-corrected chi connectivity index (χ2v) is 4.90. The Balaban J connectivity index is 2.15.